The third kappa shape index (κ3) is 3.57. The molecule has 0 spiro atoms. The third-order valence-electron chi connectivity index (χ3n) is 4.48. The summed E-state index contributed by atoms with van der Waals surface area (Å²) in [6.07, 6.45) is 4.95. The van der Waals surface area contributed by atoms with Gasteiger partial charge < -0.3 is 0 Å². The van der Waals surface area contributed by atoms with Crippen molar-refractivity contribution in [2.24, 2.45) is 5.10 Å². The average Bonchev–Trinajstić information content (AvgIpc) is 3.13. The van der Waals surface area contributed by atoms with Gasteiger partial charge in [-0.3, -0.25) is 5.01 Å². The molecular formula is C23H19FN2. The maximum atomic E-state index is 13.3. The first-order valence-electron chi connectivity index (χ1n) is 8.70. The molecular weight excluding hydrogens is 323 g/mol. The van der Waals surface area contributed by atoms with Crippen molar-refractivity contribution in [3.05, 3.63) is 108 Å². The van der Waals surface area contributed by atoms with E-state index in [1.807, 2.05) is 41.4 Å². The smallest absolute Gasteiger partial charge is 0.123 e. The van der Waals surface area contributed by atoms with Crippen LogP contribution in [0.1, 0.15) is 23.6 Å². The van der Waals surface area contributed by atoms with Crippen LogP contribution in [-0.2, 0) is 0 Å². The van der Waals surface area contributed by atoms with Gasteiger partial charge in [-0.2, -0.15) is 5.10 Å². The Kier molecular flexibility index (Phi) is 4.61. The van der Waals surface area contributed by atoms with Crippen molar-refractivity contribution in [1.29, 1.82) is 0 Å². The Balaban J connectivity index is 1.65. The summed E-state index contributed by atoms with van der Waals surface area (Å²) in [6, 6.07) is 27.1. The van der Waals surface area contributed by atoms with Gasteiger partial charge in [0, 0.05) is 6.42 Å². The summed E-state index contributed by atoms with van der Waals surface area (Å²) in [5.41, 5.74) is 4.24. The van der Waals surface area contributed by atoms with Gasteiger partial charge in [0.15, 0.2) is 0 Å². The molecule has 3 aromatic rings. The highest BCUT2D eigenvalue weighted by Crippen LogP contribution is 2.35. The van der Waals surface area contributed by atoms with Crippen LogP contribution in [0.25, 0.3) is 6.08 Å². The minimum absolute atomic E-state index is 0.108. The van der Waals surface area contributed by atoms with Crippen LogP contribution < -0.4 is 5.01 Å². The minimum atomic E-state index is -0.239. The topological polar surface area (TPSA) is 15.6 Å². The van der Waals surface area contributed by atoms with Crippen LogP contribution in [0.5, 0.6) is 0 Å². The normalized spacial score (nSPS) is 16.9. The van der Waals surface area contributed by atoms with Gasteiger partial charge in [0.1, 0.15) is 5.82 Å². The Morgan fingerprint density at radius 2 is 1.46 bits per heavy atom. The van der Waals surface area contributed by atoms with Gasteiger partial charge in [-0.05, 0) is 41.5 Å². The highest BCUT2D eigenvalue weighted by molar-refractivity contribution is 6.01. The quantitative estimate of drug-likeness (QED) is 0.581. The predicted octanol–water partition coefficient (Wildman–Crippen LogP) is 5.85. The zero-order valence-electron chi connectivity index (χ0n) is 14.3. The number of hydrogen-bond acceptors (Lipinski definition) is 2. The second-order valence-electron chi connectivity index (χ2n) is 6.29. The van der Waals surface area contributed by atoms with Crippen molar-refractivity contribution < 1.29 is 4.39 Å². The standard InChI is InChI=1S/C23H19FN2/c24-20-12-15-22(16-13-20)26-23(19-9-5-2-6-10-19)17-21(25-26)14-11-18-7-3-1-4-8-18/h1-16,23H,17H2/b14-11+/t23-/m0/s1. The Labute approximate surface area is 152 Å². The molecule has 1 heterocycles. The summed E-state index contributed by atoms with van der Waals surface area (Å²) in [5, 5.41) is 6.79. The lowest BCUT2D eigenvalue weighted by atomic mass is 10.0. The molecule has 0 radical (unpaired) electrons. The van der Waals surface area contributed by atoms with Gasteiger partial charge in [-0.15, -0.1) is 0 Å². The minimum Gasteiger partial charge on any atom is -0.257 e. The van der Waals surface area contributed by atoms with E-state index < -0.39 is 0 Å². The monoisotopic (exact) mass is 342 g/mol. The van der Waals surface area contributed by atoms with Crippen LogP contribution in [-0.4, -0.2) is 5.71 Å². The van der Waals surface area contributed by atoms with Crippen LogP contribution in [0, 0.1) is 5.82 Å². The molecule has 1 aliphatic rings. The molecule has 26 heavy (non-hydrogen) atoms. The van der Waals surface area contributed by atoms with Crippen LogP contribution in [0.3, 0.4) is 0 Å². The summed E-state index contributed by atoms with van der Waals surface area (Å²) in [7, 11) is 0. The van der Waals surface area contributed by atoms with Crippen LogP contribution in [0.15, 0.2) is 96.1 Å². The Hall–Kier alpha value is -3.20. The first kappa shape index (κ1) is 16.3. The summed E-state index contributed by atoms with van der Waals surface area (Å²) in [4.78, 5) is 0. The number of hydrazone groups is 1. The van der Waals surface area contributed by atoms with E-state index in [0.29, 0.717) is 0 Å². The molecule has 4 rings (SSSR count). The van der Waals surface area contributed by atoms with Crippen molar-refractivity contribution in [2.75, 3.05) is 5.01 Å². The average molecular weight is 342 g/mol. The first-order valence-corrected chi connectivity index (χ1v) is 8.70. The SMILES string of the molecule is Fc1ccc(N2N=C(/C=C/c3ccccc3)C[C@H]2c2ccccc2)cc1. The van der Waals surface area contributed by atoms with Gasteiger partial charge in [0.2, 0.25) is 0 Å². The predicted molar refractivity (Wildman–Crippen MR) is 106 cm³/mol. The molecule has 0 N–H and O–H groups in total. The van der Waals surface area contributed by atoms with E-state index in [1.165, 1.54) is 17.7 Å². The number of allylic oxidation sites excluding steroid dienone is 1. The fourth-order valence-electron chi connectivity index (χ4n) is 3.16. The molecule has 3 aromatic carbocycles. The zero-order valence-corrected chi connectivity index (χ0v) is 14.3. The zero-order chi connectivity index (χ0) is 17.8. The van der Waals surface area contributed by atoms with Crippen molar-refractivity contribution in [1.82, 2.24) is 0 Å². The fourth-order valence-corrected chi connectivity index (χ4v) is 3.16. The molecule has 128 valence electrons. The van der Waals surface area contributed by atoms with E-state index >= 15 is 0 Å². The van der Waals surface area contributed by atoms with E-state index in [2.05, 4.69) is 36.4 Å². The molecule has 0 amide bonds. The Morgan fingerprint density at radius 3 is 2.15 bits per heavy atom. The molecule has 1 atom stereocenters. The van der Waals surface area contributed by atoms with Crippen LogP contribution in [0.2, 0.25) is 0 Å². The number of hydrogen-bond donors (Lipinski definition) is 0. The first-order chi connectivity index (χ1) is 12.8. The lowest BCUT2D eigenvalue weighted by Gasteiger charge is -2.24. The third-order valence-corrected chi connectivity index (χ3v) is 4.48. The molecule has 2 nitrogen and oxygen atoms in total. The van der Waals surface area contributed by atoms with E-state index in [9.17, 15) is 4.39 Å². The molecule has 0 fully saturated rings. The Morgan fingerprint density at radius 1 is 0.808 bits per heavy atom. The summed E-state index contributed by atoms with van der Waals surface area (Å²) < 4.78 is 13.3. The highest BCUT2D eigenvalue weighted by atomic mass is 19.1. The van der Waals surface area contributed by atoms with Crippen molar-refractivity contribution >= 4 is 17.5 Å². The largest absolute Gasteiger partial charge is 0.257 e. The number of rotatable bonds is 4. The van der Waals surface area contributed by atoms with Crippen molar-refractivity contribution in [3.8, 4) is 0 Å². The number of nitrogens with zero attached hydrogens (tertiary/aromatic N) is 2. The van der Waals surface area contributed by atoms with Gasteiger partial charge >= 0.3 is 0 Å². The van der Waals surface area contributed by atoms with E-state index in [4.69, 9.17) is 5.10 Å². The lowest BCUT2D eigenvalue weighted by molar-refractivity contribution is 0.626. The van der Waals surface area contributed by atoms with Gasteiger partial charge in [0.05, 0.1) is 17.4 Å². The maximum Gasteiger partial charge on any atom is 0.123 e. The molecule has 0 saturated carbocycles. The maximum absolute atomic E-state index is 13.3. The highest BCUT2D eigenvalue weighted by Gasteiger charge is 2.28. The lowest BCUT2D eigenvalue weighted by Crippen LogP contribution is -2.18. The van der Waals surface area contributed by atoms with Crippen molar-refractivity contribution in [2.45, 2.75) is 12.5 Å². The summed E-state index contributed by atoms with van der Waals surface area (Å²) in [5.74, 6) is -0.239. The van der Waals surface area contributed by atoms with E-state index in [1.54, 1.807) is 12.1 Å². The molecule has 0 unspecified atom stereocenters. The Bertz CT molecular complexity index is 915. The molecule has 0 bridgehead atoms. The second kappa shape index (κ2) is 7.36. The number of anilines is 1. The van der Waals surface area contributed by atoms with Gasteiger partial charge in [-0.1, -0.05) is 66.7 Å². The molecule has 3 heteroatoms. The molecule has 1 aliphatic heterocycles. The van der Waals surface area contributed by atoms with Gasteiger partial charge in [-0.25, -0.2) is 4.39 Å². The molecule has 0 saturated heterocycles. The molecule has 0 aliphatic carbocycles. The van der Waals surface area contributed by atoms with E-state index in [0.717, 1.165) is 23.4 Å². The summed E-state index contributed by atoms with van der Waals surface area (Å²) >= 11 is 0. The van der Waals surface area contributed by atoms with Crippen molar-refractivity contribution in [3.63, 3.8) is 0 Å². The number of benzene rings is 3. The van der Waals surface area contributed by atoms with E-state index in [-0.39, 0.29) is 11.9 Å². The summed E-state index contributed by atoms with van der Waals surface area (Å²) in [6.45, 7) is 0. The molecule has 0 aromatic heterocycles. The second-order valence-corrected chi connectivity index (χ2v) is 6.29. The van der Waals surface area contributed by atoms with Crippen LogP contribution in [0.4, 0.5) is 10.1 Å². The number of halogens is 1. The fraction of sp³-hybridized carbons (Fsp3) is 0.0870. The van der Waals surface area contributed by atoms with Crippen LogP contribution >= 0.6 is 0 Å². The van der Waals surface area contributed by atoms with Gasteiger partial charge in [0.25, 0.3) is 0 Å².